The summed E-state index contributed by atoms with van der Waals surface area (Å²) in [6.07, 6.45) is 1.76. The van der Waals surface area contributed by atoms with Crippen LogP contribution in [0, 0.1) is 0 Å². The second-order valence-electron chi connectivity index (χ2n) is 5.33. The molecule has 0 heterocycles. The molecule has 2 rings (SSSR count). The normalized spacial score (nSPS) is 10.2. The van der Waals surface area contributed by atoms with Crippen molar-refractivity contribution in [1.82, 2.24) is 0 Å². The zero-order chi connectivity index (χ0) is 18.4. The molecule has 0 unspecified atom stereocenters. The van der Waals surface area contributed by atoms with E-state index in [0.29, 0.717) is 17.7 Å². The van der Waals surface area contributed by atoms with Crippen LogP contribution in [0.3, 0.4) is 0 Å². The van der Waals surface area contributed by atoms with Crippen molar-refractivity contribution in [2.24, 2.45) is 11.5 Å². The zero-order valence-electron chi connectivity index (χ0n) is 13.4. The van der Waals surface area contributed by atoms with Gasteiger partial charge in [0.25, 0.3) is 11.8 Å². The molecule has 0 aliphatic heterocycles. The first kappa shape index (κ1) is 18.0. The number of aliphatic carboxylic acids is 1. The third-order valence-corrected chi connectivity index (χ3v) is 3.54. The largest absolute Gasteiger partial charge is 0.493 e. The SMILES string of the molecule is NC(=O)C(=Cc1ccc(OCCCC(=O)O)c2ccccc12)C(N)=O. The van der Waals surface area contributed by atoms with Crippen LogP contribution in [0.25, 0.3) is 16.8 Å². The van der Waals surface area contributed by atoms with Crippen LogP contribution in [0.1, 0.15) is 18.4 Å². The minimum absolute atomic E-state index is 0.0271. The van der Waals surface area contributed by atoms with Crippen LogP contribution in [0.5, 0.6) is 5.75 Å². The lowest BCUT2D eigenvalue weighted by Gasteiger charge is -2.11. The molecule has 0 fully saturated rings. The van der Waals surface area contributed by atoms with Crippen molar-refractivity contribution >= 4 is 34.6 Å². The maximum Gasteiger partial charge on any atom is 0.303 e. The number of hydrogen-bond acceptors (Lipinski definition) is 4. The van der Waals surface area contributed by atoms with Crippen LogP contribution in [0.15, 0.2) is 42.0 Å². The third-order valence-electron chi connectivity index (χ3n) is 3.54. The van der Waals surface area contributed by atoms with Gasteiger partial charge < -0.3 is 21.3 Å². The van der Waals surface area contributed by atoms with Gasteiger partial charge in [-0.05, 0) is 29.5 Å². The van der Waals surface area contributed by atoms with Crippen molar-refractivity contribution in [3.8, 4) is 5.75 Å². The minimum Gasteiger partial charge on any atom is -0.493 e. The van der Waals surface area contributed by atoms with Crippen molar-refractivity contribution in [1.29, 1.82) is 0 Å². The van der Waals surface area contributed by atoms with Gasteiger partial charge in [0.15, 0.2) is 0 Å². The number of fused-ring (bicyclic) bond motifs is 1. The van der Waals surface area contributed by atoms with Crippen molar-refractivity contribution in [3.63, 3.8) is 0 Å². The van der Waals surface area contributed by atoms with E-state index in [1.165, 1.54) is 6.08 Å². The van der Waals surface area contributed by atoms with Crippen molar-refractivity contribution in [2.75, 3.05) is 6.61 Å². The van der Waals surface area contributed by atoms with Gasteiger partial charge in [0.2, 0.25) is 0 Å². The van der Waals surface area contributed by atoms with Gasteiger partial charge in [-0.3, -0.25) is 14.4 Å². The second kappa shape index (κ2) is 7.96. The number of benzene rings is 2. The van der Waals surface area contributed by atoms with Crippen LogP contribution in [0.2, 0.25) is 0 Å². The fraction of sp³-hybridized carbons (Fsp3) is 0.167. The highest BCUT2D eigenvalue weighted by molar-refractivity contribution is 6.21. The Hall–Kier alpha value is -3.35. The highest BCUT2D eigenvalue weighted by Gasteiger charge is 2.13. The molecule has 0 spiro atoms. The molecule has 0 saturated heterocycles. The molecule has 2 aromatic rings. The van der Waals surface area contributed by atoms with Crippen LogP contribution < -0.4 is 16.2 Å². The van der Waals surface area contributed by atoms with Gasteiger partial charge in [-0.25, -0.2) is 0 Å². The third kappa shape index (κ3) is 4.57. The Morgan fingerprint density at radius 3 is 2.24 bits per heavy atom. The summed E-state index contributed by atoms with van der Waals surface area (Å²) in [7, 11) is 0. The van der Waals surface area contributed by atoms with E-state index in [0.717, 1.165) is 10.8 Å². The summed E-state index contributed by atoms with van der Waals surface area (Å²) < 4.78 is 5.66. The molecule has 2 aromatic carbocycles. The molecule has 130 valence electrons. The Kier molecular flexibility index (Phi) is 5.73. The van der Waals surface area contributed by atoms with E-state index in [-0.39, 0.29) is 18.6 Å². The van der Waals surface area contributed by atoms with Gasteiger partial charge in [0.05, 0.1) is 6.61 Å². The maximum absolute atomic E-state index is 11.4. The van der Waals surface area contributed by atoms with Crippen LogP contribution in [-0.2, 0) is 14.4 Å². The number of amides is 2. The molecular weight excluding hydrogens is 324 g/mol. The summed E-state index contributed by atoms with van der Waals surface area (Å²) in [4.78, 5) is 33.3. The highest BCUT2D eigenvalue weighted by atomic mass is 16.5. The monoisotopic (exact) mass is 342 g/mol. The molecule has 0 bridgehead atoms. The van der Waals surface area contributed by atoms with Gasteiger partial charge in [0.1, 0.15) is 11.3 Å². The smallest absolute Gasteiger partial charge is 0.303 e. The Labute approximate surface area is 143 Å². The Morgan fingerprint density at radius 2 is 1.64 bits per heavy atom. The number of hydrogen-bond donors (Lipinski definition) is 3. The van der Waals surface area contributed by atoms with E-state index < -0.39 is 17.8 Å². The zero-order valence-corrected chi connectivity index (χ0v) is 13.4. The Morgan fingerprint density at radius 1 is 1.00 bits per heavy atom. The maximum atomic E-state index is 11.4. The number of primary amides is 2. The van der Waals surface area contributed by atoms with E-state index in [9.17, 15) is 14.4 Å². The van der Waals surface area contributed by atoms with Crippen molar-refractivity contribution in [3.05, 3.63) is 47.5 Å². The average Bonchev–Trinajstić information content (AvgIpc) is 2.56. The van der Waals surface area contributed by atoms with Gasteiger partial charge in [-0.15, -0.1) is 0 Å². The van der Waals surface area contributed by atoms with Gasteiger partial charge in [0, 0.05) is 11.8 Å². The van der Waals surface area contributed by atoms with Crippen molar-refractivity contribution < 1.29 is 24.2 Å². The van der Waals surface area contributed by atoms with E-state index in [2.05, 4.69) is 0 Å². The van der Waals surface area contributed by atoms with E-state index in [1.54, 1.807) is 12.1 Å². The number of rotatable bonds is 8. The molecule has 0 aliphatic carbocycles. The molecule has 0 saturated carbocycles. The number of carboxylic acids is 1. The van der Waals surface area contributed by atoms with Gasteiger partial charge in [-0.2, -0.15) is 0 Å². The second-order valence-corrected chi connectivity index (χ2v) is 5.33. The minimum atomic E-state index is -0.898. The van der Waals surface area contributed by atoms with Gasteiger partial charge >= 0.3 is 5.97 Å². The summed E-state index contributed by atoms with van der Waals surface area (Å²) in [5.41, 5.74) is 10.7. The predicted octanol–water partition coefficient (Wildman–Crippen LogP) is 1.44. The number of ether oxygens (including phenoxy) is 1. The molecule has 7 nitrogen and oxygen atoms in total. The predicted molar refractivity (Wildman–Crippen MR) is 92.7 cm³/mol. The summed E-state index contributed by atoms with van der Waals surface area (Å²) >= 11 is 0. The molecule has 0 aliphatic rings. The van der Waals surface area contributed by atoms with Crippen molar-refractivity contribution in [2.45, 2.75) is 12.8 Å². The molecule has 7 heteroatoms. The topological polar surface area (TPSA) is 133 Å². The number of carbonyl (C=O) groups is 3. The average molecular weight is 342 g/mol. The van der Waals surface area contributed by atoms with Gasteiger partial charge in [-0.1, -0.05) is 30.3 Å². The highest BCUT2D eigenvalue weighted by Crippen LogP contribution is 2.30. The lowest BCUT2D eigenvalue weighted by atomic mass is 10.0. The first-order valence-electron chi connectivity index (χ1n) is 7.58. The fourth-order valence-electron chi connectivity index (χ4n) is 2.37. The molecule has 2 amide bonds. The summed E-state index contributed by atoms with van der Waals surface area (Å²) in [5, 5.41) is 10.2. The molecule has 0 atom stereocenters. The van der Waals surface area contributed by atoms with E-state index >= 15 is 0 Å². The Balaban J connectivity index is 2.38. The summed E-state index contributed by atoms with van der Waals surface area (Å²) in [6.45, 7) is 0.263. The molecule has 0 aromatic heterocycles. The first-order chi connectivity index (χ1) is 11.9. The quantitative estimate of drug-likeness (QED) is 0.289. The lowest BCUT2D eigenvalue weighted by Crippen LogP contribution is -2.25. The standard InChI is InChI=1S/C18H18N2O5/c19-17(23)14(18(20)24)10-11-7-8-15(25-9-3-6-16(21)22)13-5-2-1-4-12(11)13/h1-2,4-5,7-8,10H,3,6,9H2,(H2,19,23)(H2,20,24)(H,21,22). The fourth-order valence-corrected chi connectivity index (χ4v) is 2.37. The number of nitrogens with two attached hydrogens (primary N) is 2. The van der Waals surface area contributed by atoms with E-state index in [1.807, 2.05) is 24.3 Å². The Bertz CT molecular complexity index is 842. The first-order valence-corrected chi connectivity index (χ1v) is 7.58. The number of carboxylic acid groups (broad SMARTS) is 1. The molecule has 25 heavy (non-hydrogen) atoms. The van der Waals surface area contributed by atoms with Crippen LogP contribution >= 0.6 is 0 Å². The lowest BCUT2D eigenvalue weighted by molar-refractivity contribution is -0.137. The molecule has 0 radical (unpaired) electrons. The molecular formula is C18H18N2O5. The van der Waals surface area contributed by atoms with Crippen LogP contribution in [0.4, 0.5) is 0 Å². The van der Waals surface area contributed by atoms with Crippen LogP contribution in [-0.4, -0.2) is 29.5 Å². The summed E-state index contributed by atoms with van der Waals surface area (Å²) in [5.74, 6) is -2.09. The van der Waals surface area contributed by atoms with E-state index in [4.69, 9.17) is 21.3 Å². The number of carbonyl (C=O) groups excluding carboxylic acids is 2. The molecule has 5 N–H and O–H groups in total. The summed E-state index contributed by atoms with van der Waals surface area (Å²) in [6, 6.07) is 10.6.